The third-order valence-corrected chi connectivity index (χ3v) is 2.48. The minimum absolute atomic E-state index is 0.115. The van der Waals surface area contributed by atoms with Crippen molar-refractivity contribution in [3.05, 3.63) is 23.0 Å². The van der Waals surface area contributed by atoms with E-state index in [4.69, 9.17) is 18.0 Å². The van der Waals surface area contributed by atoms with Crippen LogP contribution in [0.25, 0.3) is 0 Å². The number of aryl methyl sites for hydroxylation is 2. The van der Waals surface area contributed by atoms with Crippen molar-refractivity contribution in [2.45, 2.75) is 20.8 Å². The number of carbonyl (C=O) groups excluding carboxylic acids is 1. The van der Waals surface area contributed by atoms with Gasteiger partial charge in [0.15, 0.2) is 0 Å². The molecule has 1 aromatic rings. The van der Waals surface area contributed by atoms with Crippen LogP contribution in [0.15, 0.2) is 6.07 Å². The Morgan fingerprint density at radius 1 is 1.47 bits per heavy atom. The minimum atomic E-state index is -0.115. The van der Waals surface area contributed by atoms with Crippen LogP contribution in [0, 0.1) is 13.8 Å². The lowest BCUT2D eigenvalue weighted by Gasteiger charge is -2.20. The fraction of sp³-hybridized carbons (Fsp3) is 0.455. The molecule has 6 heteroatoms. The van der Waals surface area contributed by atoms with E-state index in [9.17, 15) is 4.79 Å². The Morgan fingerprint density at radius 2 is 2.12 bits per heavy atom. The van der Waals surface area contributed by atoms with Gasteiger partial charge < -0.3 is 10.6 Å². The normalized spacial score (nSPS) is 10.1. The number of hydrogen-bond donors (Lipinski definition) is 1. The summed E-state index contributed by atoms with van der Waals surface area (Å²) >= 11 is 4.82. The van der Waals surface area contributed by atoms with E-state index in [-0.39, 0.29) is 12.5 Å². The van der Waals surface area contributed by atoms with Crippen molar-refractivity contribution >= 4 is 23.1 Å². The highest BCUT2D eigenvalue weighted by atomic mass is 32.1. The molecule has 1 heterocycles. The number of likely N-dealkylation sites (N-methyl/N-ethyl adjacent to an activating group) is 1. The van der Waals surface area contributed by atoms with E-state index in [0.29, 0.717) is 28.5 Å². The van der Waals surface area contributed by atoms with Gasteiger partial charge in [-0.1, -0.05) is 12.2 Å². The number of carbonyl (C=O) groups is 1. The van der Waals surface area contributed by atoms with Gasteiger partial charge in [-0.3, -0.25) is 4.79 Å². The first kappa shape index (κ1) is 13.5. The largest absolute Gasteiger partial charge is 0.392 e. The summed E-state index contributed by atoms with van der Waals surface area (Å²) in [5.74, 6) is -0.115. The van der Waals surface area contributed by atoms with E-state index in [1.165, 1.54) is 0 Å². The van der Waals surface area contributed by atoms with Crippen molar-refractivity contribution in [1.82, 2.24) is 15.1 Å². The smallest absolute Gasteiger partial charge is 0.256 e. The van der Waals surface area contributed by atoms with Gasteiger partial charge in [-0.05, 0) is 26.8 Å². The molecule has 0 saturated carbocycles. The van der Waals surface area contributed by atoms with Gasteiger partial charge in [-0.2, -0.15) is 10.2 Å². The first-order chi connectivity index (χ1) is 7.95. The lowest BCUT2D eigenvalue weighted by Crippen LogP contribution is -2.38. The standard InChI is InChI=1S/C11H16N4OS/c1-4-15(6-10(12)17)11(16)9-5-7(2)13-14-8(9)3/h5H,4,6H2,1-3H3,(H2,12,17). The van der Waals surface area contributed by atoms with Gasteiger partial charge in [-0.25, -0.2) is 0 Å². The van der Waals surface area contributed by atoms with Crippen molar-refractivity contribution in [1.29, 1.82) is 0 Å². The lowest BCUT2D eigenvalue weighted by atomic mass is 10.1. The van der Waals surface area contributed by atoms with E-state index in [1.807, 2.05) is 6.92 Å². The monoisotopic (exact) mass is 252 g/mol. The number of nitrogens with zero attached hydrogens (tertiary/aromatic N) is 3. The number of aromatic nitrogens is 2. The fourth-order valence-electron chi connectivity index (χ4n) is 1.45. The minimum Gasteiger partial charge on any atom is -0.392 e. The van der Waals surface area contributed by atoms with Crippen LogP contribution in [0.4, 0.5) is 0 Å². The summed E-state index contributed by atoms with van der Waals surface area (Å²) in [5, 5.41) is 7.83. The van der Waals surface area contributed by atoms with Crippen molar-refractivity contribution in [2.75, 3.05) is 13.1 Å². The molecular formula is C11H16N4OS. The highest BCUT2D eigenvalue weighted by Gasteiger charge is 2.18. The van der Waals surface area contributed by atoms with Crippen LogP contribution in [0.1, 0.15) is 28.7 Å². The van der Waals surface area contributed by atoms with Gasteiger partial charge in [0.1, 0.15) is 0 Å². The highest BCUT2D eigenvalue weighted by Crippen LogP contribution is 2.09. The maximum Gasteiger partial charge on any atom is 0.256 e. The first-order valence-corrected chi connectivity index (χ1v) is 5.75. The van der Waals surface area contributed by atoms with Gasteiger partial charge in [0, 0.05) is 6.54 Å². The Balaban J connectivity index is 3.01. The summed E-state index contributed by atoms with van der Waals surface area (Å²) in [4.78, 5) is 14.1. The van der Waals surface area contributed by atoms with E-state index in [2.05, 4.69) is 10.2 Å². The van der Waals surface area contributed by atoms with E-state index in [1.54, 1.807) is 24.8 Å². The molecule has 0 saturated heterocycles. The highest BCUT2D eigenvalue weighted by molar-refractivity contribution is 7.80. The first-order valence-electron chi connectivity index (χ1n) is 5.34. The van der Waals surface area contributed by atoms with Crippen molar-refractivity contribution in [2.24, 2.45) is 5.73 Å². The molecule has 0 fully saturated rings. The van der Waals surface area contributed by atoms with Crippen LogP contribution >= 0.6 is 12.2 Å². The third-order valence-electron chi connectivity index (χ3n) is 2.35. The molecule has 0 radical (unpaired) electrons. The number of thiocarbonyl (C=S) groups is 1. The molecule has 0 atom stereocenters. The molecule has 0 bridgehead atoms. The van der Waals surface area contributed by atoms with Crippen LogP contribution in [-0.4, -0.2) is 39.1 Å². The number of rotatable bonds is 4. The SMILES string of the molecule is CCN(CC(N)=S)C(=O)c1cc(C)nnc1C. The summed E-state index contributed by atoms with van der Waals surface area (Å²) in [6.07, 6.45) is 0. The summed E-state index contributed by atoms with van der Waals surface area (Å²) in [5.41, 5.74) is 7.34. The van der Waals surface area contributed by atoms with E-state index >= 15 is 0 Å². The van der Waals surface area contributed by atoms with Gasteiger partial charge in [0.25, 0.3) is 5.91 Å². The molecule has 0 aliphatic rings. The molecule has 17 heavy (non-hydrogen) atoms. The predicted molar refractivity (Wildman–Crippen MR) is 69.9 cm³/mol. The quantitative estimate of drug-likeness (QED) is 0.804. The zero-order valence-corrected chi connectivity index (χ0v) is 11.0. The van der Waals surface area contributed by atoms with Gasteiger partial charge >= 0.3 is 0 Å². The Labute approximate surface area is 106 Å². The molecule has 0 aliphatic carbocycles. The molecule has 92 valence electrons. The summed E-state index contributed by atoms with van der Waals surface area (Å²) in [6, 6.07) is 1.73. The van der Waals surface area contributed by atoms with E-state index < -0.39 is 0 Å². The molecule has 5 nitrogen and oxygen atoms in total. The van der Waals surface area contributed by atoms with Gasteiger partial charge in [0.05, 0.1) is 28.5 Å². The molecule has 0 aromatic carbocycles. The number of nitrogens with two attached hydrogens (primary N) is 1. The van der Waals surface area contributed by atoms with Crippen molar-refractivity contribution < 1.29 is 4.79 Å². The Hall–Kier alpha value is -1.56. The Kier molecular flexibility index (Phi) is 4.51. The summed E-state index contributed by atoms with van der Waals surface area (Å²) in [6.45, 7) is 6.27. The molecule has 1 amide bonds. The lowest BCUT2D eigenvalue weighted by molar-refractivity contribution is 0.0786. The molecule has 0 unspecified atom stereocenters. The van der Waals surface area contributed by atoms with E-state index in [0.717, 1.165) is 0 Å². The molecule has 0 spiro atoms. The molecular weight excluding hydrogens is 236 g/mol. The van der Waals surface area contributed by atoms with Crippen LogP contribution in [-0.2, 0) is 0 Å². The topological polar surface area (TPSA) is 72.1 Å². The van der Waals surface area contributed by atoms with Crippen LogP contribution in [0.3, 0.4) is 0 Å². The second-order valence-corrected chi connectivity index (χ2v) is 4.29. The Morgan fingerprint density at radius 3 is 2.65 bits per heavy atom. The number of hydrogen-bond acceptors (Lipinski definition) is 4. The average molecular weight is 252 g/mol. The second kappa shape index (κ2) is 5.67. The zero-order valence-electron chi connectivity index (χ0n) is 10.2. The molecule has 2 N–H and O–H groups in total. The van der Waals surface area contributed by atoms with Gasteiger partial charge in [0.2, 0.25) is 0 Å². The molecule has 1 rings (SSSR count). The zero-order chi connectivity index (χ0) is 13.0. The second-order valence-electron chi connectivity index (χ2n) is 3.77. The van der Waals surface area contributed by atoms with Crippen molar-refractivity contribution in [3.8, 4) is 0 Å². The maximum atomic E-state index is 12.2. The Bertz CT molecular complexity index is 447. The van der Waals surface area contributed by atoms with Gasteiger partial charge in [-0.15, -0.1) is 0 Å². The summed E-state index contributed by atoms with van der Waals surface area (Å²) < 4.78 is 0. The summed E-state index contributed by atoms with van der Waals surface area (Å²) in [7, 11) is 0. The average Bonchev–Trinajstić information content (AvgIpc) is 2.28. The predicted octanol–water partition coefficient (Wildman–Crippen LogP) is 0.842. The van der Waals surface area contributed by atoms with Crippen molar-refractivity contribution in [3.63, 3.8) is 0 Å². The fourth-order valence-corrected chi connectivity index (χ4v) is 1.61. The molecule has 0 aliphatic heterocycles. The maximum absolute atomic E-state index is 12.2. The van der Waals surface area contributed by atoms with Crippen LogP contribution < -0.4 is 5.73 Å². The van der Waals surface area contributed by atoms with Crippen LogP contribution in [0.2, 0.25) is 0 Å². The molecule has 1 aromatic heterocycles. The number of amides is 1. The third kappa shape index (κ3) is 3.45. The van der Waals surface area contributed by atoms with Crippen LogP contribution in [0.5, 0.6) is 0 Å².